The molecule has 0 heterocycles. The van der Waals surface area contributed by atoms with E-state index in [1.807, 2.05) is 11.8 Å². The van der Waals surface area contributed by atoms with Gasteiger partial charge in [0, 0.05) is 18.3 Å². The minimum atomic E-state index is 0.736. The highest BCUT2D eigenvalue weighted by Crippen LogP contribution is 2.25. The smallest absolute Gasteiger partial charge is 0.00673 e. The molecule has 0 radical (unpaired) electrons. The molecular formula is C12H25NS. The van der Waals surface area contributed by atoms with Crippen molar-refractivity contribution in [2.75, 3.05) is 18.6 Å². The number of hydrogen-bond donors (Lipinski definition) is 1. The monoisotopic (exact) mass is 215 g/mol. The van der Waals surface area contributed by atoms with Crippen LogP contribution in [0.2, 0.25) is 0 Å². The minimum absolute atomic E-state index is 0.736. The van der Waals surface area contributed by atoms with Crippen LogP contribution in [0.4, 0.5) is 0 Å². The maximum absolute atomic E-state index is 3.66. The lowest BCUT2D eigenvalue weighted by molar-refractivity contribution is 0.344. The fourth-order valence-corrected chi connectivity index (χ4v) is 2.69. The van der Waals surface area contributed by atoms with Crippen LogP contribution in [0.5, 0.6) is 0 Å². The van der Waals surface area contributed by atoms with Crippen molar-refractivity contribution in [3.63, 3.8) is 0 Å². The summed E-state index contributed by atoms with van der Waals surface area (Å²) < 4.78 is 0. The van der Waals surface area contributed by atoms with Crippen molar-refractivity contribution in [1.82, 2.24) is 5.32 Å². The normalized spacial score (nSPS) is 21.9. The molecule has 1 nitrogen and oxygen atoms in total. The molecule has 2 heteroatoms. The van der Waals surface area contributed by atoms with Gasteiger partial charge < -0.3 is 5.32 Å². The largest absolute Gasteiger partial charge is 0.313 e. The van der Waals surface area contributed by atoms with Crippen molar-refractivity contribution >= 4 is 11.8 Å². The molecule has 0 bridgehead atoms. The predicted octanol–water partition coefficient (Wildman–Crippen LogP) is 3.30. The molecule has 1 atom stereocenters. The van der Waals surface area contributed by atoms with Crippen molar-refractivity contribution in [1.29, 1.82) is 0 Å². The topological polar surface area (TPSA) is 12.0 Å². The van der Waals surface area contributed by atoms with Crippen LogP contribution in [0.3, 0.4) is 0 Å². The first-order valence-electron chi connectivity index (χ1n) is 6.07. The molecule has 0 aliphatic heterocycles. The van der Waals surface area contributed by atoms with Gasteiger partial charge >= 0.3 is 0 Å². The highest BCUT2D eigenvalue weighted by atomic mass is 32.2. The molecule has 1 rings (SSSR count). The van der Waals surface area contributed by atoms with Crippen LogP contribution >= 0.6 is 11.8 Å². The highest BCUT2D eigenvalue weighted by molar-refractivity contribution is 7.98. The van der Waals surface area contributed by atoms with E-state index in [9.17, 15) is 0 Å². The van der Waals surface area contributed by atoms with Crippen LogP contribution in [0, 0.1) is 5.92 Å². The average Bonchev–Trinajstić information content (AvgIpc) is 2.46. The van der Waals surface area contributed by atoms with Crippen LogP contribution in [0.15, 0.2) is 0 Å². The van der Waals surface area contributed by atoms with Crippen LogP contribution in [0.25, 0.3) is 0 Å². The number of nitrogens with one attached hydrogen (secondary N) is 1. The van der Waals surface area contributed by atoms with Gasteiger partial charge in [0.2, 0.25) is 0 Å². The summed E-state index contributed by atoms with van der Waals surface area (Å²) in [6.45, 7) is 3.55. The first-order chi connectivity index (χ1) is 6.84. The van der Waals surface area contributed by atoms with Crippen LogP contribution < -0.4 is 5.32 Å². The zero-order valence-corrected chi connectivity index (χ0v) is 10.5. The summed E-state index contributed by atoms with van der Waals surface area (Å²) in [6, 6.07) is 0.736. The molecule has 1 aliphatic rings. The standard InChI is InChI=1S/C12H25NS/c1-11(13-9-10-14-2)12-7-5-3-4-6-8-12/h11-13H,3-10H2,1-2H3/t11-/m0/s1. The highest BCUT2D eigenvalue weighted by Gasteiger charge is 2.17. The SMILES string of the molecule is CSCCN[C@@H](C)C1CCCCCC1. The summed E-state index contributed by atoms with van der Waals surface area (Å²) in [4.78, 5) is 0. The molecule has 14 heavy (non-hydrogen) atoms. The second kappa shape index (κ2) is 7.58. The summed E-state index contributed by atoms with van der Waals surface area (Å²) in [5.41, 5.74) is 0. The van der Waals surface area contributed by atoms with E-state index in [1.54, 1.807) is 0 Å². The van der Waals surface area contributed by atoms with E-state index in [1.165, 1.54) is 50.8 Å². The molecule has 0 aromatic rings. The van der Waals surface area contributed by atoms with Crippen molar-refractivity contribution in [2.24, 2.45) is 5.92 Å². The predicted molar refractivity (Wildman–Crippen MR) is 67.0 cm³/mol. The fourth-order valence-electron chi connectivity index (χ4n) is 2.37. The fraction of sp³-hybridized carbons (Fsp3) is 1.00. The third-order valence-corrected chi connectivity index (χ3v) is 3.99. The van der Waals surface area contributed by atoms with Crippen LogP contribution in [0.1, 0.15) is 45.4 Å². The van der Waals surface area contributed by atoms with E-state index in [0.717, 1.165) is 12.0 Å². The molecule has 0 amide bonds. The second-order valence-corrected chi connectivity index (χ2v) is 5.47. The first kappa shape index (κ1) is 12.4. The van der Waals surface area contributed by atoms with Gasteiger partial charge in [-0.05, 0) is 31.9 Å². The Labute approximate surface area is 93.4 Å². The summed E-state index contributed by atoms with van der Waals surface area (Å²) >= 11 is 1.93. The van der Waals surface area contributed by atoms with Gasteiger partial charge in [0.25, 0.3) is 0 Å². The van der Waals surface area contributed by atoms with E-state index < -0.39 is 0 Å². The van der Waals surface area contributed by atoms with E-state index in [2.05, 4.69) is 18.5 Å². The van der Waals surface area contributed by atoms with Gasteiger partial charge in [-0.3, -0.25) is 0 Å². The summed E-state index contributed by atoms with van der Waals surface area (Å²) in [7, 11) is 0. The minimum Gasteiger partial charge on any atom is -0.313 e. The summed E-state index contributed by atoms with van der Waals surface area (Å²) in [5.74, 6) is 2.19. The molecule has 0 spiro atoms. The lowest BCUT2D eigenvalue weighted by Gasteiger charge is -2.23. The molecule has 1 aliphatic carbocycles. The van der Waals surface area contributed by atoms with E-state index in [-0.39, 0.29) is 0 Å². The Morgan fingerprint density at radius 1 is 1.21 bits per heavy atom. The Hall–Kier alpha value is 0.310. The van der Waals surface area contributed by atoms with Gasteiger partial charge in [0.15, 0.2) is 0 Å². The van der Waals surface area contributed by atoms with Crippen molar-refractivity contribution in [3.05, 3.63) is 0 Å². The van der Waals surface area contributed by atoms with E-state index in [0.29, 0.717) is 0 Å². The maximum Gasteiger partial charge on any atom is 0.00673 e. The Balaban J connectivity index is 2.16. The van der Waals surface area contributed by atoms with Crippen molar-refractivity contribution < 1.29 is 0 Å². The number of rotatable bonds is 5. The maximum atomic E-state index is 3.66. The van der Waals surface area contributed by atoms with Crippen LogP contribution in [-0.2, 0) is 0 Å². The second-order valence-electron chi connectivity index (χ2n) is 4.49. The van der Waals surface area contributed by atoms with Crippen LogP contribution in [-0.4, -0.2) is 24.6 Å². The molecule has 1 fully saturated rings. The van der Waals surface area contributed by atoms with Crippen molar-refractivity contribution in [2.45, 2.75) is 51.5 Å². The zero-order chi connectivity index (χ0) is 10.2. The summed E-state index contributed by atoms with van der Waals surface area (Å²) in [5, 5.41) is 3.66. The number of thioether (sulfide) groups is 1. The average molecular weight is 215 g/mol. The van der Waals surface area contributed by atoms with Gasteiger partial charge in [-0.2, -0.15) is 11.8 Å². The third-order valence-electron chi connectivity index (χ3n) is 3.38. The zero-order valence-electron chi connectivity index (χ0n) is 9.72. The Morgan fingerprint density at radius 2 is 1.86 bits per heavy atom. The Kier molecular flexibility index (Phi) is 6.70. The van der Waals surface area contributed by atoms with Gasteiger partial charge in [-0.15, -0.1) is 0 Å². The molecule has 84 valence electrons. The Bertz CT molecular complexity index is 130. The van der Waals surface area contributed by atoms with E-state index in [4.69, 9.17) is 0 Å². The molecule has 0 aromatic heterocycles. The van der Waals surface area contributed by atoms with Gasteiger partial charge in [-0.1, -0.05) is 25.7 Å². The molecular weight excluding hydrogens is 190 g/mol. The molecule has 0 saturated heterocycles. The molecule has 0 unspecified atom stereocenters. The first-order valence-corrected chi connectivity index (χ1v) is 7.46. The van der Waals surface area contributed by atoms with E-state index >= 15 is 0 Å². The molecule has 1 N–H and O–H groups in total. The summed E-state index contributed by atoms with van der Waals surface area (Å²) in [6.07, 6.45) is 10.9. The Morgan fingerprint density at radius 3 is 2.43 bits per heavy atom. The van der Waals surface area contributed by atoms with Crippen molar-refractivity contribution in [3.8, 4) is 0 Å². The lowest BCUT2D eigenvalue weighted by Crippen LogP contribution is -2.34. The molecule has 1 saturated carbocycles. The quantitative estimate of drug-likeness (QED) is 0.558. The third kappa shape index (κ3) is 4.70. The van der Waals surface area contributed by atoms with Gasteiger partial charge in [0.1, 0.15) is 0 Å². The molecule has 0 aromatic carbocycles. The van der Waals surface area contributed by atoms with Gasteiger partial charge in [-0.25, -0.2) is 0 Å². The number of hydrogen-bond acceptors (Lipinski definition) is 2. The van der Waals surface area contributed by atoms with Gasteiger partial charge in [0.05, 0.1) is 0 Å². The lowest BCUT2D eigenvalue weighted by atomic mass is 9.93.